The Kier molecular flexibility index (Phi) is 6.61. The fourth-order valence-electron chi connectivity index (χ4n) is 0.945. The number of aliphatic hydroxyl groups is 5. The monoisotopic (exact) mass is 253 g/mol. The number of hydrogen-bond donors (Lipinski definition) is 7. The van der Waals surface area contributed by atoms with Gasteiger partial charge < -0.3 is 36.0 Å². The highest BCUT2D eigenvalue weighted by atomic mass is 16.4. The van der Waals surface area contributed by atoms with Gasteiger partial charge in [0.2, 0.25) is 0 Å². The summed E-state index contributed by atoms with van der Waals surface area (Å²) in [5.74, 6) is -2.57. The van der Waals surface area contributed by atoms with Crippen molar-refractivity contribution in [2.45, 2.75) is 24.4 Å². The Morgan fingerprint density at radius 3 is 2.00 bits per heavy atom. The Bertz CT molecular complexity index is 270. The molecule has 0 heterocycles. The number of carbonyl (C=O) groups excluding carboxylic acids is 1. The Morgan fingerprint density at radius 2 is 1.59 bits per heavy atom. The lowest BCUT2D eigenvalue weighted by Crippen LogP contribution is -2.52. The van der Waals surface area contributed by atoms with E-state index in [0.717, 1.165) is 0 Å². The molecule has 0 unspecified atom stereocenters. The van der Waals surface area contributed by atoms with E-state index in [1.807, 2.05) is 0 Å². The maximum Gasteiger partial charge on any atom is 0.322 e. The zero-order chi connectivity index (χ0) is 13.6. The van der Waals surface area contributed by atoms with Crippen LogP contribution in [0.5, 0.6) is 0 Å². The van der Waals surface area contributed by atoms with Crippen molar-refractivity contribution < 1.29 is 40.2 Å². The molecule has 0 rings (SSSR count). The smallest absolute Gasteiger partial charge is 0.322 e. The summed E-state index contributed by atoms with van der Waals surface area (Å²) in [6.45, 7) is -1.64. The first-order valence-corrected chi connectivity index (χ1v) is 4.63. The van der Waals surface area contributed by atoms with Gasteiger partial charge in [0.15, 0.2) is 6.10 Å². The third kappa shape index (κ3) is 5.06. The van der Waals surface area contributed by atoms with Crippen LogP contribution in [0.2, 0.25) is 0 Å². The van der Waals surface area contributed by atoms with E-state index in [1.165, 1.54) is 0 Å². The largest absolute Gasteiger partial charge is 0.480 e. The number of hydrogen-bond acceptors (Lipinski definition) is 7. The van der Waals surface area contributed by atoms with Crippen LogP contribution in [-0.4, -0.2) is 80.1 Å². The first-order chi connectivity index (χ1) is 7.81. The molecule has 4 atom stereocenters. The fourth-order valence-corrected chi connectivity index (χ4v) is 0.945. The molecule has 0 aromatic carbocycles. The van der Waals surface area contributed by atoms with E-state index < -0.39 is 49.4 Å². The maximum absolute atomic E-state index is 11.1. The number of carbonyl (C=O) groups is 2. The van der Waals surface area contributed by atoms with Gasteiger partial charge in [-0.1, -0.05) is 0 Å². The second-order valence-corrected chi connectivity index (χ2v) is 3.29. The fraction of sp³-hybridized carbons (Fsp3) is 0.750. The molecule has 0 aromatic heterocycles. The minimum absolute atomic E-state index is 0.763. The number of aliphatic carboxylic acids is 1. The molecule has 7 N–H and O–H groups in total. The summed E-state index contributed by atoms with van der Waals surface area (Å²) in [6.07, 6.45) is -7.84. The standard InChI is InChI=1S/C8H15NO8/c10-2-3(11)5(14)6(15)7(16)8(17)9-1-4(12)13/h3,5-7,10-11,14-16H,1-2H2,(H,9,17)(H,12,13)/t3-,5-,6-,7-/m0/s1. The number of carboxylic acid groups (broad SMARTS) is 1. The van der Waals surface area contributed by atoms with Crippen LogP contribution in [0, 0.1) is 0 Å². The summed E-state index contributed by atoms with van der Waals surface area (Å²) >= 11 is 0. The molecule has 0 aliphatic carbocycles. The minimum atomic E-state index is -2.12. The van der Waals surface area contributed by atoms with E-state index in [2.05, 4.69) is 0 Å². The van der Waals surface area contributed by atoms with Crippen LogP contribution < -0.4 is 5.32 Å². The normalized spacial score (nSPS) is 17.9. The first kappa shape index (κ1) is 15.7. The Hall–Kier alpha value is -1.26. The molecule has 0 radical (unpaired) electrons. The second kappa shape index (κ2) is 7.14. The zero-order valence-electron chi connectivity index (χ0n) is 8.72. The number of amides is 1. The van der Waals surface area contributed by atoms with Gasteiger partial charge >= 0.3 is 5.97 Å². The maximum atomic E-state index is 11.1. The molecule has 0 aromatic rings. The summed E-state index contributed by atoms with van der Waals surface area (Å²) in [6, 6.07) is 0. The van der Waals surface area contributed by atoms with Crippen LogP contribution in [0.3, 0.4) is 0 Å². The second-order valence-electron chi connectivity index (χ2n) is 3.29. The van der Waals surface area contributed by atoms with Crippen LogP contribution in [0.1, 0.15) is 0 Å². The molecular formula is C8H15NO8. The molecule has 9 heteroatoms. The Morgan fingerprint density at radius 1 is 1.06 bits per heavy atom. The van der Waals surface area contributed by atoms with Gasteiger partial charge in [0.25, 0.3) is 5.91 Å². The number of nitrogens with one attached hydrogen (secondary N) is 1. The van der Waals surface area contributed by atoms with Crippen LogP contribution in [0.4, 0.5) is 0 Å². The molecule has 0 aliphatic heterocycles. The molecule has 0 bridgehead atoms. The van der Waals surface area contributed by atoms with Crippen molar-refractivity contribution in [3.8, 4) is 0 Å². The lowest BCUT2D eigenvalue weighted by atomic mass is 10.0. The summed E-state index contributed by atoms with van der Waals surface area (Å²) in [4.78, 5) is 21.2. The minimum Gasteiger partial charge on any atom is -0.480 e. The van der Waals surface area contributed by atoms with E-state index >= 15 is 0 Å². The summed E-state index contributed by atoms with van der Waals surface area (Å²) in [5, 5.41) is 55.0. The van der Waals surface area contributed by atoms with Gasteiger partial charge in [0.1, 0.15) is 24.9 Å². The van der Waals surface area contributed by atoms with Gasteiger partial charge in [-0.15, -0.1) is 0 Å². The van der Waals surface area contributed by atoms with Crippen LogP contribution >= 0.6 is 0 Å². The molecule has 1 amide bonds. The quantitative estimate of drug-likeness (QED) is 0.239. The van der Waals surface area contributed by atoms with E-state index in [1.54, 1.807) is 5.32 Å². The first-order valence-electron chi connectivity index (χ1n) is 4.63. The third-order valence-electron chi connectivity index (χ3n) is 1.94. The molecular weight excluding hydrogens is 238 g/mol. The van der Waals surface area contributed by atoms with Gasteiger partial charge in [-0.25, -0.2) is 0 Å². The summed E-state index contributed by atoms with van der Waals surface area (Å²) in [5.41, 5.74) is 0. The highest BCUT2D eigenvalue weighted by molar-refractivity contribution is 5.84. The van der Waals surface area contributed by atoms with Crippen molar-refractivity contribution in [2.75, 3.05) is 13.2 Å². The Labute approximate surface area is 95.9 Å². The van der Waals surface area contributed by atoms with Gasteiger partial charge in [0, 0.05) is 0 Å². The van der Waals surface area contributed by atoms with E-state index in [-0.39, 0.29) is 0 Å². The molecule has 0 spiro atoms. The number of carboxylic acids is 1. The molecule has 17 heavy (non-hydrogen) atoms. The predicted molar refractivity (Wildman–Crippen MR) is 51.8 cm³/mol. The van der Waals surface area contributed by atoms with Crippen molar-refractivity contribution in [1.29, 1.82) is 0 Å². The van der Waals surface area contributed by atoms with Gasteiger partial charge in [0.05, 0.1) is 6.61 Å². The van der Waals surface area contributed by atoms with Crippen molar-refractivity contribution >= 4 is 11.9 Å². The van der Waals surface area contributed by atoms with Gasteiger partial charge in [-0.3, -0.25) is 9.59 Å². The lowest BCUT2D eigenvalue weighted by Gasteiger charge is -2.24. The van der Waals surface area contributed by atoms with E-state index in [4.69, 9.17) is 20.4 Å². The molecule has 0 saturated heterocycles. The topological polar surface area (TPSA) is 168 Å². The van der Waals surface area contributed by atoms with Gasteiger partial charge in [-0.05, 0) is 0 Å². The molecule has 0 fully saturated rings. The third-order valence-corrected chi connectivity index (χ3v) is 1.94. The average Bonchev–Trinajstić information content (AvgIpc) is 2.31. The SMILES string of the molecule is O=C(O)CNC(=O)[C@@H](O)[C@@H](O)[C@@H](O)[C@@H](O)CO. The lowest BCUT2D eigenvalue weighted by molar-refractivity contribution is -0.150. The summed E-state index contributed by atoms with van der Waals surface area (Å²) < 4.78 is 0. The molecule has 0 saturated carbocycles. The highest BCUT2D eigenvalue weighted by Gasteiger charge is 2.34. The van der Waals surface area contributed by atoms with Crippen molar-refractivity contribution in [3.05, 3.63) is 0 Å². The van der Waals surface area contributed by atoms with Crippen molar-refractivity contribution in [1.82, 2.24) is 5.32 Å². The van der Waals surface area contributed by atoms with E-state index in [0.29, 0.717) is 0 Å². The molecule has 100 valence electrons. The zero-order valence-corrected chi connectivity index (χ0v) is 8.72. The highest BCUT2D eigenvalue weighted by Crippen LogP contribution is 2.05. The number of aliphatic hydroxyl groups excluding tert-OH is 5. The predicted octanol–water partition coefficient (Wildman–Crippen LogP) is -4.38. The number of rotatable bonds is 7. The van der Waals surface area contributed by atoms with Crippen molar-refractivity contribution in [3.63, 3.8) is 0 Å². The van der Waals surface area contributed by atoms with Crippen LogP contribution in [0.15, 0.2) is 0 Å². The molecule has 0 aliphatic rings. The van der Waals surface area contributed by atoms with Crippen molar-refractivity contribution in [2.24, 2.45) is 0 Å². The average molecular weight is 253 g/mol. The Balaban J connectivity index is 4.32. The molecule has 9 nitrogen and oxygen atoms in total. The summed E-state index contributed by atoms with van der Waals surface area (Å²) in [7, 11) is 0. The van der Waals surface area contributed by atoms with Gasteiger partial charge in [-0.2, -0.15) is 0 Å². The van der Waals surface area contributed by atoms with Crippen LogP contribution in [0.25, 0.3) is 0 Å². The van der Waals surface area contributed by atoms with E-state index in [9.17, 15) is 19.8 Å². The van der Waals surface area contributed by atoms with Crippen LogP contribution in [-0.2, 0) is 9.59 Å².